The van der Waals surface area contributed by atoms with Crippen molar-refractivity contribution >= 4 is 50.9 Å². The minimum atomic E-state index is -0.551. The minimum Gasteiger partial charge on any atom is -0.488 e. The number of benzene rings is 3. The SMILES string of the molecule is N#C/C(=C\c1ccc(OCc2ccc([N+](=O)[O-])cc2)c(Br)c1)C(=O)Nc1cccc(Cl)c1. The van der Waals surface area contributed by atoms with Crippen molar-refractivity contribution in [3.63, 3.8) is 0 Å². The van der Waals surface area contributed by atoms with Crippen LogP contribution in [0.15, 0.2) is 76.8 Å². The number of carbonyl (C=O) groups is 1. The number of nitro groups is 1. The standard InChI is InChI=1S/C23H15BrClN3O4/c24-21-11-16(10-17(13-26)23(29)27-19-3-1-2-18(25)12-19)6-9-22(21)32-14-15-4-7-20(8-5-15)28(30)31/h1-12H,14H2,(H,27,29)/b17-10+. The van der Waals surface area contributed by atoms with E-state index < -0.39 is 10.8 Å². The fourth-order valence-corrected chi connectivity index (χ4v) is 3.38. The van der Waals surface area contributed by atoms with Gasteiger partial charge in [-0.1, -0.05) is 23.7 Å². The quantitative estimate of drug-likeness (QED) is 0.177. The van der Waals surface area contributed by atoms with Crippen molar-refractivity contribution in [2.45, 2.75) is 6.61 Å². The smallest absolute Gasteiger partial charge is 0.269 e. The summed E-state index contributed by atoms with van der Waals surface area (Å²) >= 11 is 9.33. The van der Waals surface area contributed by atoms with Gasteiger partial charge in [0.1, 0.15) is 24.0 Å². The number of halogens is 2. The van der Waals surface area contributed by atoms with Crippen molar-refractivity contribution in [2.24, 2.45) is 0 Å². The van der Waals surface area contributed by atoms with Crippen molar-refractivity contribution in [3.05, 3.63) is 103 Å². The van der Waals surface area contributed by atoms with Gasteiger partial charge in [0.25, 0.3) is 11.6 Å². The number of amides is 1. The average molecular weight is 513 g/mol. The van der Waals surface area contributed by atoms with Crippen molar-refractivity contribution in [1.82, 2.24) is 0 Å². The Morgan fingerprint density at radius 3 is 2.56 bits per heavy atom. The van der Waals surface area contributed by atoms with Gasteiger partial charge in [-0.05, 0) is 75.6 Å². The number of non-ortho nitro benzene ring substituents is 1. The lowest BCUT2D eigenvalue weighted by atomic mass is 10.1. The second kappa shape index (κ2) is 10.6. The summed E-state index contributed by atoms with van der Waals surface area (Å²) in [5.74, 6) is -0.00761. The molecule has 3 aromatic carbocycles. The number of hydrogen-bond acceptors (Lipinski definition) is 5. The number of nitrogens with one attached hydrogen (secondary N) is 1. The van der Waals surface area contributed by atoms with Crippen LogP contribution in [0.3, 0.4) is 0 Å². The van der Waals surface area contributed by atoms with Crippen LogP contribution in [0.4, 0.5) is 11.4 Å². The Labute approximate surface area is 197 Å². The third kappa shape index (κ3) is 6.17. The monoisotopic (exact) mass is 511 g/mol. The Morgan fingerprint density at radius 1 is 1.19 bits per heavy atom. The molecular formula is C23H15BrClN3O4. The Balaban J connectivity index is 1.68. The molecule has 0 aliphatic carbocycles. The van der Waals surface area contributed by atoms with Gasteiger partial charge in [0, 0.05) is 22.8 Å². The van der Waals surface area contributed by atoms with E-state index in [-0.39, 0.29) is 17.9 Å². The van der Waals surface area contributed by atoms with Crippen LogP contribution >= 0.6 is 27.5 Å². The normalized spacial score (nSPS) is 10.8. The Bertz CT molecular complexity index is 1240. The van der Waals surface area contributed by atoms with Crippen molar-refractivity contribution in [2.75, 3.05) is 5.32 Å². The molecule has 0 heterocycles. The number of hydrogen-bond donors (Lipinski definition) is 1. The molecule has 0 saturated carbocycles. The lowest BCUT2D eigenvalue weighted by Gasteiger charge is -2.09. The summed E-state index contributed by atoms with van der Waals surface area (Å²) in [7, 11) is 0. The first-order valence-electron chi connectivity index (χ1n) is 9.20. The molecule has 0 aliphatic heterocycles. The van der Waals surface area contributed by atoms with Gasteiger partial charge in [0.15, 0.2) is 0 Å². The first-order valence-corrected chi connectivity index (χ1v) is 10.4. The zero-order chi connectivity index (χ0) is 23.1. The van der Waals surface area contributed by atoms with Gasteiger partial charge in [-0.25, -0.2) is 0 Å². The van der Waals surface area contributed by atoms with Gasteiger partial charge in [-0.15, -0.1) is 0 Å². The lowest BCUT2D eigenvalue weighted by molar-refractivity contribution is -0.384. The van der Waals surface area contributed by atoms with E-state index in [0.717, 1.165) is 5.56 Å². The number of carbonyl (C=O) groups excluding carboxylic acids is 1. The predicted octanol–water partition coefficient (Wildman–Crippen LogP) is 6.14. The van der Waals surface area contributed by atoms with Crippen LogP contribution in [0.2, 0.25) is 5.02 Å². The summed E-state index contributed by atoms with van der Waals surface area (Å²) in [5, 5.41) is 23.2. The summed E-state index contributed by atoms with van der Waals surface area (Å²) in [6.45, 7) is 0.220. The summed E-state index contributed by atoms with van der Waals surface area (Å²) in [6.07, 6.45) is 1.46. The molecule has 1 amide bonds. The number of ether oxygens (including phenoxy) is 1. The summed E-state index contributed by atoms with van der Waals surface area (Å²) in [5.41, 5.74) is 1.82. The molecule has 0 fully saturated rings. The summed E-state index contributed by atoms with van der Waals surface area (Å²) in [6, 6.07) is 19.7. The van der Waals surface area contributed by atoms with E-state index in [9.17, 15) is 20.2 Å². The molecule has 3 aromatic rings. The fraction of sp³-hybridized carbons (Fsp3) is 0.0435. The van der Waals surface area contributed by atoms with Gasteiger partial charge in [0.05, 0.1) is 9.40 Å². The second-order valence-corrected chi connectivity index (χ2v) is 7.83. The molecule has 0 bridgehead atoms. The van der Waals surface area contributed by atoms with Gasteiger partial charge in [-0.3, -0.25) is 14.9 Å². The van der Waals surface area contributed by atoms with E-state index in [1.165, 1.54) is 18.2 Å². The van der Waals surface area contributed by atoms with Crippen LogP contribution in [0.1, 0.15) is 11.1 Å². The first-order chi connectivity index (χ1) is 15.4. The molecular weight excluding hydrogens is 498 g/mol. The molecule has 0 spiro atoms. The highest BCUT2D eigenvalue weighted by Crippen LogP contribution is 2.28. The fourth-order valence-electron chi connectivity index (χ4n) is 2.68. The molecule has 32 heavy (non-hydrogen) atoms. The van der Waals surface area contributed by atoms with E-state index in [1.807, 2.05) is 6.07 Å². The summed E-state index contributed by atoms with van der Waals surface area (Å²) < 4.78 is 6.38. The topological polar surface area (TPSA) is 105 Å². The van der Waals surface area contributed by atoms with Crippen LogP contribution < -0.4 is 10.1 Å². The lowest BCUT2D eigenvalue weighted by Crippen LogP contribution is -2.13. The predicted molar refractivity (Wildman–Crippen MR) is 125 cm³/mol. The van der Waals surface area contributed by atoms with E-state index in [0.29, 0.717) is 26.5 Å². The molecule has 0 saturated heterocycles. The zero-order valence-corrected chi connectivity index (χ0v) is 18.8. The number of nitrogens with zero attached hydrogens (tertiary/aromatic N) is 2. The number of nitro benzene ring substituents is 1. The van der Waals surface area contributed by atoms with Gasteiger partial charge < -0.3 is 10.1 Å². The second-order valence-electron chi connectivity index (χ2n) is 6.54. The maximum atomic E-state index is 12.4. The van der Waals surface area contributed by atoms with Gasteiger partial charge in [0.2, 0.25) is 0 Å². The maximum absolute atomic E-state index is 12.4. The van der Waals surface area contributed by atoms with E-state index >= 15 is 0 Å². The minimum absolute atomic E-state index is 0.0127. The Hall–Kier alpha value is -3.67. The first kappa shape index (κ1) is 23.0. The van der Waals surface area contributed by atoms with Gasteiger partial charge in [-0.2, -0.15) is 5.26 Å². The third-order valence-electron chi connectivity index (χ3n) is 4.26. The van der Waals surface area contributed by atoms with E-state index in [1.54, 1.807) is 54.6 Å². The maximum Gasteiger partial charge on any atom is 0.269 e. The van der Waals surface area contributed by atoms with E-state index in [4.69, 9.17) is 16.3 Å². The number of nitriles is 1. The molecule has 160 valence electrons. The van der Waals surface area contributed by atoms with Crippen LogP contribution in [0, 0.1) is 21.4 Å². The number of anilines is 1. The zero-order valence-electron chi connectivity index (χ0n) is 16.4. The Morgan fingerprint density at radius 2 is 1.94 bits per heavy atom. The molecule has 3 rings (SSSR count). The van der Waals surface area contributed by atoms with Crippen LogP contribution in [-0.2, 0) is 11.4 Å². The molecule has 9 heteroatoms. The molecule has 0 aliphatic rings. The average Bonchev–Trinajstić information content (AvgIpc) is 2.77. The Kier molecular flexibility index (Phi) is 7.60. The van der Waals surface area contributed by atoms with Crippen LogP contribution in [0.5, 0.6) is 5.75 Å². The molecule has 7 nitrogen and oxygen atoms in total. The molecule has 0 aromatic heterocycles. The highest BCUT2D eigenvalue weighted by atomic mass is 79.9. The highest BCUT2D eigenvalue weighted by Gasteiger charge is 2.11. The summed E-state index contributed by atoms with van der Waals surface area (Å²) in [4.78, 5) is 22.7. The van der Waals surface area contributed by atoms with Crippen LogP contribution in [0.25, 0.3) is 6.08 Å². The largest absolute Gasteiger partial charge is 0.488 e. The molecule has 1 N–H and O–H groups in total. The van der Waals surface area contributed by atoms with Crippen molar-refractivity contribution in [1.29, 1.82) is 5.26 Å². The van der Waals surface area contributed by atoms with Crippen LogP contribution in [-0.4, -0.2) is 10.8 Å². The molecule has 0 atom stereocenters. The highest BCUT2D eigenvalue weighted by molar-refractivity contribution is 9.10. The van der Waals surface area contributed by atoms with Crippen molar-refractivity contribution in [3.8, 4) is 11.8 Å². The molecule has 0 radical (unpaired) electrons. The van der Waals surface area contributed by atoms with Gasteiger partial charge >= 0.3 is 0 Å². The number of rotatable bonds is 7. The third-order valence-corrected chi connectivity index (χ3v) is 5.11. The molecule has 0 unspecified atom stereocenters. The van der Waals surface area contributed by atoms with E-state index in [2.05, 4.69) is 21.2 Å². The van der Waals surface area contributed by atoms with Crippen molar-refractivity contribution < 1.29 is 14.5 Å².